The molecular formula is C14H18N4O2S. The van der Waals surface area contributed by atoms with E-state index in [9.17, 15) is 9.59 Å². The van der Waals surface area contributed by atoms with Crippen molar-refractivity contribution in [3.8, 4) is 0 Å². The number of aryl methyl sites for hydroxylation is 2. The summed E-state index contributed by atoms with van der Waals surface area (Å²) in [6.45, 7) is 2.56. The lowest BCUT2D eigenvalue weighted by atomic mass is 10.1. The number of aromatic nitrogens is 2. The molecule has 0 saturated heterocycles. The molecule has 112 valence electrons. The summed E-state index contributed by atoms with van der Waals surface area (Å²) in [4.78, 5) is 23.9. The van der Waals surface area contributed by atoms with Crippen LogP contribution in [0.3, 0.4) is 0 Å². The average Bonchev–Trinajstić information content (AvgIpc) is 3.13. The summed E-state index contributed by atoms with van der Waals surface area (Å²) in [7, 11) is 0. The molecule has 2 amide bonds. The topological polar surface area (TPSA) is 86.9 Å². The molecule has 0 aliphatic heterocycles. The Labute approximate surface area is 127 Å². The lowest BCUT2D eigenvalue weighted by Crippen LogP contribution is -2.37. The predicted octanol–water partition coefficient (Wildman–Crippen LogP) is 1.26. The van der Waals surface area contributed by atoms with Crippen molar-refractivity contribution >= 4 is 23.2 Å². The lowest BCUT2D eigenvalue weighted by molar-refractivity contribution is -0.120. The fourth-order valence-corrected chi connectivity index (χ4v) is 2.49. The zero-order valence-electron chi connectivity index (χ0n) is 11.8. The summed E-state index contributed by atoms with van der Waals surface area (Å²) in [5.41, 5.74) is 2.22. The van der Waals surface area contributed by atoms with Crippen LogP contribution < -0.4 is 10.6 Å². The Balaban J connectivity index is 1.60. The Bertz CT molecular complexity index is 592. The van der Waals surface area contributed by atoms with E-state index in [1.54, 1.807) is 18.3 Å². The summed E-state index contributed by atoms with van der Waals surface area (Å²) in [5, 5.41) is 14.0. The first kappa shape index (κ1) is 15.2. The Morgan fingerprint density at radius 3 is 2.90 bits per heavy atom. The monoisotopic (exact) mass is 306 g/mol. The third-order valence-electron chi connectivity index (χ3n) is 3.03. The van der Waals surface area contributed by atoms with Gasteiger partial charge in [-0.2, -0.15) is 5.10 Å². The number of carbonyl (C=O) groups excluding carboxylic acids is 2. The number of hydrogen-bond donors (Lipinski definition) is 3. The van der Waals surface area contributed by atoms with Gasteiger partial charge in [0.25, 0.3) is 5.91 Å². The van der Waals surface area contributed by atoms with Crippen molar-refractivity contribution in [1.82, 2.24) is 20.8 Å². The van der Waals surface area contributed by atoms with Gasteiger partial charge >= 0.3 is 0 Å². The van der Waals surface area contributed by atoms with Crippen LogP contribution in [0.1, 0.15) is 27.3 Å². The number of hydrogen-bond acceptors (Lipinski definition) is 4. The van der Waals surface area contributed by atoms with Gasteiger partial charge in [-0.25, -0.2) is 0 Å². The van der Waals surface area contributed by atoms with Crippen LogP contribution >= 0.6 is 11.3 Å². The van der Waals surface area contributed by atoms with Crippen molar-refractivity contribution in [3.05, 3.63) is 39.8 Å². The number of nitrogens with zero attached hydrogens (tertiary/aromatic N) is 1. The maximum absolute atomic E-state index is 11.6. The Kier molecular flexibility index (Phi) is 5.51. The molecule has 2 aromatic heterocycles. The molecule has 0 radical (unpaired) electrons. The Hall–Kier alpha value is -2.15. The van der Waals surface area contributed by atoms with E-state index in [4.69, 9.17) is 0 Å². The van der Waals surface area contributed by atoms with Crippen molar-refractivity contribution in [3.63, 3.8) is 0 Å². The van der Waals surface area contributed by atoms with Crippen molar-refractivity contribution in [2.24, 2.45) is 0 Å². The van der Waals surface area contributed by atoms with Gasteiger partial charge in [-0.3, -0.25) is 14.7 Å². The van der Waals surface area contributed by atoms with Crippen molar-refractivity contribution in [1.29, 1.82) is 0 Å². The molecule has 0 aliphatic rings. The molecule has 0 aliphatic carbocycles. The highest BCUT2D eigenvalue weighted by molar-refractivity contribution is 7.12. The molecule has 2 aromatic rings. The minimum Gasteiger partial charge on any atom is -0.355 e. The van der Waals surface area contributed by atoms with E-state index in [-0.39, 0.29) is 18.4 Å². The van der Waals surface area contributed by atoms with E-state index in [1.165, 1.54) is 11.3 Å². The molecule has 0 saturated carbocycles. The zero-order chi connectivity index (χ0) is 15.1. The number of amides is 2. The van der Waals surface area contributed by atoms with Crippen molar-refractivity contribution in [2.45, 2.75) is 19.8 Å². The highest BCUT2D eigenvalue weighted by atomic mass is 32.1. The quantitative estimate of drug-likeness (QED) is 0.673. The minimum atomic E-state index is -0.214. The maximum Gasteiger partial charge on any atom is 0.261 e. The van der Waals surface area contributed by atoms with E-state index in [1.807, 2.05) is 12.3 Å². The van der Waals surface area contributed by atoms with Crippen LogP contribution in [0.5, 0.6) is 0 Å². The van der Waals surface area contributed by atoms with Gasteiger partial charge in [0, 0.05) is 12.2 Å². The molecule has 0 unspecified atom stereocenters. The Morgan fingerprint density at radius 1 is 1.38 bits per heavy atom. The molecule has 6 nitrogen and oxygen atoms in total. The molecule has 21 heavy (non-hydrogen) atoms. The predicted molar refractivity (Wildman–Crippen MR) is 81.3 cm³/mol. The fourth-order valence-electron chi connectivity index (χ4n) is 1.85. The first-order valence-corrected chi connectivity index (χ1v) is 7.62. The van der Waals surface area contributed by atoms with Gasteiger partial charge < -0.3 is 10.6 Å². The van der Waals surface area contributed by atoms with Gasteiger partial charge in [0.15, 0.2) is 0 Å². The summed E-state index contributed by atoms with van der Waals surface area (Å²) < 4.78 is 0. The molecule has 2 rings (SSSR count). The smallest absolute Gasteiger partial charge is 0.261 e. The highest BCUT2D eigenvalue weighted by Gasteiger charge is 2.08. The number of nitrogens with one attached hydrogen (secondary N) is 3. The second kappa shape index (κ2) is 7.58. The molecule has 0 aromatic carbocycles. The van der Waals surface area contributed by atoms with Crippen molar-refractivity contribution < 1.29 is 9.59 Å². The standard InChI is InChI=1S/C14H18N4O2S/c1-10-11(8-17-18-10)4-2-6-15-13(19)9-16-14(20)12-5-3-7-21-12/h3,5,7-8H,2,4,6,9H2,1H3,(H,15,19)(H,16,20)(H,17,18). The van der Waals surface area contributed by atoms with E-state index >= 15 is 0 Å². The lowest BCUT2D eigenvalue weighted by Gasteiger charge is -2.06. The first-order chi connectivity index (χ1) is 10.2. The fraction of sp³-hybridized carbons (Fsp3) is 0.357. The molecule has 3 N–H and O–H groups in total. The van der Waals surface area contributed by atoms with Gasteiger partial charge in [-0.05, 0) is 36.8 Å². The second-order valence-electron chi connectivity index (χ2n) is 4.63. The van der Waals surface area contributed by atoms with E-state index in [0.717, 1.165) is 24.1 Å². The zero-order valence-corrected chi connectivity index (χ0v) is 12.6. The third kappa shape index (κ3) is 4.71. The van der Waals surface area contributed by atoms with Crippen LogP contribution in [-0.4, -0.2) is 35.1 Å². The number of thiophene rings is 1. The van der Waals surface area contributed by atoms with E-state index in [0.29, 0.717) is 11.4 Å². The largest absolute Gasteiger partial charge is 0.355 e. The number of rotatable bonds is 7. The van der Waals surface area contributed by atoms with Crippen LogP contribution in [0.4, 0.5) is 0 Å². The van der Waals surface area contributed by atoms with Gasteiger partial charge in [-0.15, -0.1) is 11.3 Å². The summed E-state index contributed by atoms with van der Waals surface area (Å²) >= 11 is 1.35. The van der Waals surface area contributed by atoms with Crippen LogP contribution in [0, 0.1) is 6.92 Å². The van der Waals surface area contributed by atoms with Crippen LogP contribution in [0.2, 0.25) is 0 Å². The SMILES string of the molecule is Cc1[nH]ncc1CCCNC(=O)CNC(=O)c1cccs1. The number of H-pyrrole nitrogens is 1. The molecular weight excluding hydrogens is 288 g/mol. The second-order valence-corrected chi connectivity index (χ2v) is 5.58. The molecule has 0 atom stereocenters. The average molecular weight is 306 g/mol. The minimum absolute atomic E-state index is 0.00146. The summed E-state index contributed by atoms with van der Waals surface area (Å²) in [5.74, 6) is -0.391. The Morgan fingerprint density at radius 2 is 2.24 bits per heavy atom. The van der Waals surface area contributed by atoms with Crippen molar-refractivity contribution in [2.75, 3.05) is 13.1 Å². The highest BCUT2D eigenvalue weighted by Crippen LogP contribution is 2.07. The van der Waals surface area contributed by atoms with Gasteiger partial charge in [0.05, 0.1) is 17.6 Å². The molecule has 0 spiro atoms. The number of aromatic amines is 1. The summed E-state index contributed by atoms with van der Waals surface area (Å²) in [6, 6.07) is 3.53. The van der Waals surface area contributed by atoms with Gasteiger partial charge in [0.1, 0.15) is 0 Å². The third-order valence-corrected chi connectivity index (χ3v) is 3.90. The van der Waals surface area contributed by atoms with Crippen LogP contribution in [0.15, 0.2) is 23.7 Å². The first-order valence-electron chi connectivity index (χ1n) is 6.74. The molecule has 2 heterocycles. The maximum atomic E-state index is 11.6. The molecule has 0 fully saturated rings. The van der Waals surface area contributed by atoms with Gasteiger partial charge in [0.2, 0.25) is 5.91 Å². The normalized spacial score (nSPS) is 10.3. The van der Waals surface area contributed by atoms with E-state index < -0.39 is 0 Å². The summed E-state index contributed by atoms with van der Waals surface area (Å²) in [6.07, 6.45) is 3.51. The molecule has 7 heteroatoms. The van der Waals surface area contributed by atoms with Crippen LogP contribution in [-0.2, 0) is 11.2 Å². The van der Waals surface area contributed by atoms with Crippen LogP contribution in [0.25, 0.3) is 0 Å². The van der Waals surface area contributed by atoms with Gasteiger partial charge in [-0.1, -0.05) is 6.07 Å². The molecule has 0 bridgehead atoms. The number of carbonyl (C=O) groups is 2. The van der Waals surface area contributed by atoms with E-state index in [2.05, 4.69) is 20.8 Å².